The summed E-state index contributed by atoms with van der Waals surface area (Å²) in [4.78, 5) is 33.8. The van der Waals surface area contributed by atoms with Crippen molar-refractivity contribution in [2.24, 2.45) is 0 Å². The summed E-state index contributed by atoms with van der Waals surface area (Å²) in [7, 11) is -11.3. The predicted molar refractivity (Wildman–Crippen MR) is 23.2 cm³/mol. The Morgan fingerprint density at radius 1 is 0.818 bits per heavy atom. The Morgan fingerprint density at radius 3 is 0.818 bits per heavy atom. The third-order valence-corrected chi connectivity index (χ3v) is 0. The molecule has 0 aromatic heterocycles. The maximum absolute atomic E-state index is 10.1. The Labute approximate surface area is 80.3 Å². The minimum atomic E-state index is -5.64. The normalized spacial score (nSPS) is 10.7. The van der Waals surface area contributed by atoms with Gasteiger partial charge < -0.3 is 28.7 Å². The summed E-state index contributed by atoms with van der Waals surface area (Å²) in [5, 5.41) is 0. The van der Waals surface area contributed by atoms with Crippen molar-refractivity contribution in [3.8, 4) is 0 Å². The number of hydrogen-bond donors (Lipinski definition) is 0. The summed E-state index contributed by atoms with van der Waals surface area (Å²) in [6, 6.07) is 0. The molecule has 64 valence electrons. The molecule has 0 atom stereocenters. The molecule has 0 fully saturated rings. The van der Waals surface area contributed by atoms with Crippen LogP contribution in [0.3, 0.4) is 0 Å². The molecule has 0 spiro atoms. The first kappa shape index (κ1) is 18.0. The van der Waals surface area contributed by atoms with Crippen LogP contribution in [0.15, 0.2) is 0 Å². The molecular formula is F2O6P2Pb. The second-order valence-corrected chi connectivity index (χ2v) is 2.58. The second-order valence-electron chi connectivity index (χ2n) is 0.861. The van der Waals surface area contributed by atoms with Gasteiger partial charge >= 0.3 is 27.3 Å². The summed E-state index contributed by atoms with van der Waals surface area (Å²) in [5.74, 6) is 0. The van der Waals surface area contributed by atoms with E-state index in [1.165, 1.54) is 0 Å². The molecule has 0 saturated heterocycles. The van der Waals surface area contributed by atoms with Crippen LogP contribution in [0.5, 0.6) is 0 Å². The average molecular weight is 403 g/mol. The summed E-state index contributed by atoms with van der Waals surface area (Å²) in [5.41, 5.74) is 0. The van der Waals surface area contributed by atoms with Crippen LogP contribution in [0.1, 0.15) is 0 Å². The van der Waals surface area contributed by atoms with E-state index in [1.54, 1.807) is 0 Å². The van der Waals surface area contributed by atoms with Gasteiger partial charge in [0.05, 0.1) is 0 Å². The summed E-state index contributed by atoms with van der Waals surface area (Å²) < 4.78 is 37.1. The van der Waals surface area contributed by atoms with E-state index in [-0.39, 0.29) is 27.3 Å². The van der Waals surface area contributed by atoms with E-state index in [2.05, 4.69) is 0 Å². The third kappa shape index (κ3) is 781. The van der Waals surface area contributed by atoms with Crippen molar-refractivity contribution in [3.63, 3.8) is 0 Å². The number of rotatable bonds is 0. The molecule has 11 heteroatoms. The molecular weight excluding hydrogens is 403 g/mol. The topological polar surface area (TPSA) is 126 Å². The molecule has 0 saturated carbocycles. The summed E-state index contributed by atoms with van der Waals surface area (Å²) in [6.45, 7) is 0. The monoisotopic (exact) mass is 404 g/mol. The predicted octanol–water partition coefficient (Wildman–Crippen LogP) is -2.81. The van der Waals surface area contributed by atoms with Crippen LogP contribution in [-0.4, -0.2) is 27.3 Å². The first-order valence-corrected chi connectivity index (χ1v) is 4.30. The molecule has 0 aliphatic carbocycles. The zero-order valence-electron chi connectivity index (χ0n) is 4.60. The molecule has 11 heavy (non-hydrogen) atoms. The molecule has 0 bridgehead atoms. The fraction of sp³-hybridized carbons (Fsp3) is 0. The molecule has 0 amide bonds. The van der Waals surface area contributed by atoms with E-state index in [0.29, 0.717) is 0 Å². The van der Waals surface area contributed by atoms with Gasteiger partial charge in [0.25, 0.3) is 0 Å². The van der Waals surface area contributed by atoms with Crippen molar-refractivity contribution in [1.29, 1.82) is 0 Å². The van der Waals surface area contributed by atoms with Gasteiger partial charge in [0.2, 0.25) is 0 Å². The molecule has 0 aliphatic rings. The van der Waals surface area contributed by atoms with Crippen LogP contribution in [0, 0.1) is 0 Å². The maximum Gasteiger partial charge on any atom is 4.00 e. The quantitative estimate of drug-likeness (QED) is 0.318. The molecule has 0 radical (unpaired) electrons. The SMILES string of the molecule is O=P([O-])([O-])F.O=P([O-])([O-])F.[Pb+4]. The van der Waals surface area contributed by atoms with Gasteiger partial charge in [-0.25, -0.2) is 8.39 Å². The van der Waals surface area contributed by atoms with E-state index in [1.807, 2.05) is 0 Å². The van der Waals surface area contributed by atoms with Gasteiger partial charge in [-0.05, 0) is 0 Å². The fourth-order valence-electron chi connectivity index (χ4n) is 0. The maximum atomic E-state index is 10.1. The average Bonchev–Trinajstić information content (AvgIpc) is 1.12. The van der Waals surface area contributed by atoms with Gasteiger partial charge in [-0.1, -0.05) is 0 Å². The zero-order chi connectivity index (χ0) is 9.00. The van der Waals surface area contributed by atoms with Crippen LogP contribution < -0.4 is 19.6 Å². The molecule has 0 unspecified atom stereocenters. The van der Waals surface area contributed by atoms with Crippen molar-refractivity contribution in [3.05, 3.63) is 0 Å². The zero-order valence-corrected chi connectivity index (χ0v) is 10.3. The summed E-state index contributed by atoms with van der Waals surface area (Å²) in [6.07, 6.45) is 0. The van der Waals surface area contributed by atoms with Gasteiger partial charge in [-0.2, -0.15) is 0 Å². The molecule has 0 aromatic carbocycles. The summed E-state index contributed by atoms with van der Waals surface area (Å²) >= 11 is 0. The minimum absolute atomic E-state index is 0. The van der Waals surface area contributed by atoms with Crippen LogP contribution in [0.25, 0.3) is 0 Å². The van der Waals surface area contributed by atoms with Crippen LogP contribution in [0.2, 0.25) is 0 Å². The molecule has 0 N–H and O–H groups in total. The first-order valence-electron chi connectivity index (χ1n) is 1.43. The van der Waals surface area contributed by atoms with E-state index in [9.17, 15) is 8.39 Å². The van der Waals surface area contributed by atoms with Crippen molar-refractivity contribution >= 4 is 43.1 Å². The molecule has 6 nitrogen and oxygen atoms in total. The van der Waals surface area contributed by atoms with Crippen molar-refractivity contribution in [1.82, 2.24) is 0 Å². The molecule has 0 rings (SSSR count). The van der Waals surface area contributed by atoms with Gasteiger partial charge in [-0.3, -0.25) is 0 Å². The smallest absolute Gasteiger partial charge is 0.786 e. The van der Waals surface area contributed by atoms with E-state index in [4.69, 9.17) is 28.7 Å². The van der Waals surface area contributed by atoms with Crippen molar-refractivity contribution < 1.29 is 37.1 Å². The largest absolute Gasteiger partial charge is 4.00 e. The van der Waals surface area contributed by atoms with Crippen LogP contribution in [0.4, 0.5) is 8.39 Å². The Bertz CT molecular complexity index is 131. The minimum Gasteiger partial charge on any atom is -0.786 e. The van der Waals surface area contributed by atoms with Crippen LogP contribution >= 0.6 is 15.8 Å². The van der Waals surface area contributed by atoms with Crippen molar-refractivity contribution in [2.75, 3.05) is 0 Å². The van der Waals surface area contributed by atoms with Gasteiger partial charge in [-0.15, -0.1) is 0 Å². The number of hydrogen-bond acceptors (Lipinski definition) is 6. The fourth-order valence-corrected chi connectivity index (χ4v) is 0. The van der Waals surface area contributed by atoms with Gasteiger partial charge in [0.15, 0.2) is 0 Å². The standard InChI is InChI=1S/2FH2O3P.Pb/c2*1-5(2,3)4;/h2*(H2,2,3,4);/q;;+4/p-4. The first-order chi connectivity index (χ1) is 4.00. The van der Waals surface area contributed by atoms with E-state index < -0.39 is 15.8 Å². The van der Waals surface area contributed by atoms with E-state index in [0.717, 1.165) is 0 Å². The molecule has 0 aromatic rings. The molecule has 0 aliphatic heterocycles. The third-order valence-electron chi connectivity index (χ3n) is 0. The van der Waals surface area contributed by atoms with Crippen molar-refractivity contribution in [2.45, 2.75) is 0 Å². The van der Waals surface area contributed by atoms with Gasteiger partial charge in [0.1, 0.15) is 15.8 Å². The second kappa shape index (κ2) is 6.58. The molecule has 0 heterocycles. The van der Waals surface area contributed by atoms with E-state index >= 15 is 0 Å². The Hall–Kier alpha value is 1.08. The Balaban J connectivity index is -0.000000107. The van der Waals surface area contributed by atoms with Gasteiger partial charge in [0, 0.05) is 0 Å². The Morgan fingerprint density at radius 2 is 0.818 bits per heavy atom. The van der Waals surface area contributed by atoms with Crippen LogP contribution in [-0.2, 0) is 9.13 Å². The Kier molecular flexibility index (Phi) is 10.8. The number of halogens is 2.